The van der Waals surface area contributed by atoms with Crippen LogP contribution in [-0.2, 0) is 6.54 Å². The molecule has 2 aliphatic heterocycles. The molecule has 6 nitrogen and oxygen atoms in total. The number of nitrogens with one attached hydrogen (secondary N) is 2. The Morgan fingerprint density at radius 1 is 1.10 bits per heavy atom. The van der Waals surface area contributed by atoms with Gasteiger partial charge in [-0.05, 0) is 35.6 Å². The highest BCUT2D eigenvalue weighted by molar-refractivity contribution is 7.12. The Morgan fingerprint density at radius 2 is 1.86 bits per heavy atom. The molecule has 1 aromatic carbocycles. The van der Waals surface area contributed by atoms with Gasteiger partial charge in [0.1, 0.15) is 0 Å². The predicted octanol–water partition coefficient (Wildman–Crippen LogP) is 2.22. The van der Waals surface area contributed by atoms with Crippen molar-refractivity contribution in [2.75, 3.05) is 39.3 Å². The van der Waals surface area contributed by atoms with Gasteiger partial charge >= 0.3 is 0 Å². The van der Waals surface area contributed by atoms with Crippen LogP contribution in [0.2, 0.25) is 0 Å². The third-order valence-corrected chi connectivity index (χ3v) is 6.39. The zero-order valence-electron chi connectivity index (χ0n) is 16.3. The van der Waals surface area contributed by atoms with Crippen molar-refractivity contribution < 1.29 is 9.59 Å². The molecule has 8 heteroatoms. The maximum atomic E-state index is 12.8. The van der Waals surface area contributed by atoms with Crippen LogP contribution in [0.15, 0.2) is 41.8 Å². The average molecular weight is 435 g/mol. The van der Waals surface area contributed by atoms with Gasteiger partial charge in [0.25, 0.3) is 11.8 Å². The first-order valence-electron chi connectivity index (χ1n) is 9.85. The van der Waals surface area contributed by atoms with E-state index in [2.05, 4.69) is 15.5 Å². The summed E-state index contributed by atoms with van der Waals surface area (Å²) in [5.41, 5.74) is 1.70. The van der Waals surface area contributed by atoms with E-state index < -0.39 is 0 Å². The summed E-state index contributed by atoms with van der Waals surface area (Å²) in [5.74, 6) is 0.0398. The van der Waals surface area contributed by atoms with Gasteiger partial charge in [0.05, 0.1) is 4.88 Å². The molecular weight excluding hydrogens is 408 g/mol. The summed E-state index contributed by atoms with van der Waals surface area (Å²) in [6.07, 6.45) is 1.05. The largest absolute Gasteiger partial charge is 0.347 e. The lowest BCUT2D eigenvalue weighted by atomic mass is 10.1. The average Bonchev–Trinajstić information content (AvgIpc) is 3.45. The third kappa shape index (κ3) is 5.36. The minimum Gasteiger partial charge on any atom is -0.347 e. The normalized spacial score (nSPS) is 19.6. The number of rotatable bonds is 5. The van der Waals surface area contributed by atoms with Crippen molar-refractivity contribution in [3.63, 3.8) is 0 Å². The van der Waals surface area contributed by atoms with Gasteiger partial charge in [-0.25, -0.2) is 0 Å². The maximum absolute atomic E-state index is 12.8. The lowest BCUT2D eigenvalue weighted by molar-refractivity contribution is 0.0773. The fourth-order valence-corrected chi connectivity index (χ4v) is 4.54. The fourth-order valence-electron chi connectivity index (χ4n) is 3.90. The second kappa shape index (κ2) is 10.2. The van der Waals surface area contributed by atoms with Gasteiger partial charge < -0.3 is 15.5 Å². The topological polar surface area (TPSA) is 64.7 Å². The summed E-state index contributed by atoms with van der Waals surface area (Å²) in [5, 5.41) is 8.18. The van der Waals surface area contributed by atoms with E-state index in [9.17, 15) is 9.59 Å². The molecule has 2 fully saturated rings. The Labute approximate surface area is 181 Å². The number of halogens is 1. The van der Waals surface area contributed by atoms with Gasteiger partial charge in [-0.15, -0.1) is 23.7 Å². The Kier molecular flexibility index (Phi) is 7.66. The smallest absolute Gasteiger partial charge is 0.261 e. The number of amides is 2. The predicted molar refractivity (Wildman–Crippen MR) is 118 cm³/mol. The lowest BCUT2D eigenvalue weighted by Gasteiger charge is -2.32. The molecule has 0 saturated carbocycles. The van der Waals surface area contributed by atoms with Crippen molar-refractivity contribution >= 4 is 35.6 Å². The number of nitrogens with zero attached hydrogens (tertiary/aromatic N) is 2. The Balaban J connectivity index is 0.00000240. The van der Waals surface area contributed by atoms with Crippen LogP contribution in [0.1, 0.15) is 32.0 Å². The zero-order valence-corrected chi connectivity index (χ0v) is 17.9. The molecule has 2 aliphatic rings. The highest BCUT2D eigenvalue weighted by Crippen LogP contribution is 2.19. The van der Waals surface area contributed by atoms with E-state index in [0.29, 0.717) is 23.0 Å². The first-order chi connectivity index (χ1) is 13.7. The van der Waals surface area contributed by atoms with E-state index in [1.807, 2.05) is 46.7 Å². The van der Waals surface area contributed by atoms with Crippen molar-refractivity contribution in [2.45, 2.75) is 19.0 Å². The molecule has 0 aliphatic carbocycles. The van der Waals surface area contributed by atoms with Crippen LogP contribution < -0.4 is 10.6 Å². The van der Waals surface area contributed by atoms with Crippen LogP contribution in [0.4, 0.5) is 0 Å². The molecule has 0 bridgehead atoms. The molecule has 1 atom stereocenters. The Bertz CT molecular complexity index is 807. The molecule has 2 amide bonds. The summed E-state index contributed by atoms with van der Waals surface area (Å²) in [6.45, 7) is 6.31. The summed E-state index contributed by atoms with van der Waals surface area (Å²) < 4.78 is 0. The summed E-state index contributed by atoms with van der Waals surface area (Å²) in [6, 6.07) is 11.7. The van der Waals surface area contributed by atoms with Crippen LogP contribution in [0.3, 0.4) is 0 Å². The van der Waals surface area contributed by atoms with Gasteiger partial charge in [-0.3, -0.25) is 14.5 Å². The third-order valence-electron chi connectivity index (χ3n) is 5.52. The van der Waals surface area contributed by atoms with Crippen molar-refractivity contribution in [3.05, 3.63) is 57.8 Å². The second-order valence-corrected chi connectivity index (χ2v) is 8.28. The molecule has 0 radical (unpaired) electrons. The van der Waals surface area contributed by atoms with Gasteiger partial charge in [0.2, 0.25) is 0 Å². The number of benzene rings is 1. The Morgan fingerprint density at radius 3 is 2.55 bits per heavy atom. The standard InChI is InChI=1S/C21H26N4O2S.ClH/c26-20(19-2-1-13-28-19)23-14-16-3-5-17(6-4-16)21(27)25-10-7-18(15-25)24-11-8-22-9-12-24;/h1-6,13,18,22H,7-12,14-15H2,(H,23,26);1H. The van der Waals surface area contributed by atoms with Gasteiger partial charge in [0, 0.05) is 57.4 Å². The molecule has 3 heterocycles. The Hall–Kier alpha value is -1.93. The van der Waals surface area contributed by atoms with E-state index in [4.69, 9.17) is 0 Å². The first-order valence-corrected chi connectivity index (χ1v) is 10.7. The van der Waals surface area contributed by atoms with E-state index in [1.165, 1.54) is 11.3 Å². The van der Waals surface area contributed by atoms with Gasteiger partial charge in [0.15, 0.2) is 0 Å². The van der Waals surface area contributed by atoms with Crippen LogP contribution in [0, 0.1) is 0 Å². The number of hydrogen-bond donors (Lipinski definition) is 2. The number of carbonyl (C=O) groups excluding carboxylic acids is 2. The van der Waals surface area contributed by atoms with Crippen molar-refractivity contribution in [3.8, 4) is 0 Å². The van der Waals surface area contributed by atoms with Crippen molar-refractivity contribution in [1.82, 2.24) is 20.4 Å². The molecule has 156 valence electrons. The quantitative estimate of drug-likeness (QED) is 0.757. The molecule has 2 N–H and O–H groups in total. The molecular formula is C21H27ClN4O2S. The second-order valence-electron chi connectivity index (χ2n) is 7.34. The molecule has 4 rings (SSSR count). The van der Waals surface area contributed by atoms with Gasteiger partial charge in [-0.1, -0.05) is 18.2 Å². The van der Waals surface area contributed by atoms with Crippen molar-refractivity contribution in [1.29, 1.82) is 0 Å². The van der Waals surface area contributed by atoms with E-state index in [-0.39, 0.29) is 24.2 Å². The molecule has 1 unspecified atom stereocenters. The minimum atomic E-state index is -0.0637. The molecule has 2 aromatic rings. The zero-order chi connectivity index (χ0) is 19.3. The molecule has 1 aromatic heterocycles. The highest BCUT2D eigenvalue weighted by Gasteiger charge is 2.31. The first kappa shape index (κ1) is 21.8. The number of carbonyl (C=O) groups is 2. The van der Waals surface area contributed by atoms with Gasteiger partial charge in [-0.2, -0.15) is 0 Å². The summed E-state index contributed by atoms with van der Waals surface area (Å²) >= 11 is 1.43. The lowest BCUT2D eigenvalue weighted by Crippen LogP contribution is -2.49. The number of likely N-dealkylation sites (tertiary alicyclic amines) is 1. The maximum Gasteiger partial charge on any atom is 0.261 e. The van der Waals surface area contributed by atoms with Crippen LogP contribution in [0.5, 0.6) is 0 Å². The monoisotopic (exact) mass is 434 g/mol. The highest BCUT2D eigenvalue weighted by atomic mass is 35.5. The number of thiophene rings is 1. The van der Waals surface area contributed by atoms with E-state index >= 15 is 0 Å². The number of piperazine rings is 1. The minimum absolute atomic E-state index is 0. The number of hydrogen-bond acceptors (Lipinski definition) is 5. The van der Waals surface area contributed by atoms with Crippen LogP contribution in [0.25, 0.3) is 0 Å². The molecule has 29 heavy (non-hydrogen) atoms. The molecule has 0 spiro atoms. The van der Waals surface area contributed by atoms with E-state index in [1.54, 1.807) is 0 Å². The SMILES string of the molecule is Cl.O=C(NCc1ccc(C(=O)N2CCC(N3CCNCC3)C2)cc1)c1cccs1. The van der Waals surface area contributed by atoms with Crippen LogP contribution in [-0.4, -0.2) is 66.9 Å². The van der Waals surface area contributed by atoms with Crippen molar-refractivity contribution in [2.24, 2.45) is 0 Å². The summed E-state index contributed by atoms with van der Waals surface area (Å²) in [7, 11) is 0. The summed E-state index contributed by atoms with van der Waals surface area (Å²) in [4.78, 5) is 30.0. The van der Waals surface area contributed by atoms with Crippen LogP contribution >= 0.6 is 23.7 Å². The molecule has 2 saturated heterocycles. The van der Waals surface area contributed by atoms with E-state index in [0.717, 1.165) is 51.3 Å². The fraction of sp³-hybridized carbons (Fsp3) is 0.429.